The number of hydrogen-bond donors (Lipinski definition) is 0. The van der Waals surface area contributed by atoms with Gasteiger partial charge in [-0.25, -0.2) is 0 Å². The van der Waals surface area contributed by atoms with Crippen LogP contribution in [0.2, 0.25) is 0 Å². The van der Waals surface area contributed by atoms with Crippen molar-refractivity contribution in [3.8, 4) is 11.5 Å². The summed E-state index contributed by atoms with van der Waals surface area (Å²) in [5.41, 5.74) is 2.25. The fraction of sp³-hybridized carbons (Fsp3) is 0.160. The van der Waals surface area contributed by atoms with Crippen LogP contribution in [0.25, 0.3) is 0 Å². The van der Waals surface area contributed by atoms with Crippen molar-refractivity contribution in [1.82, 2.24) is 0 Å². The largest absolute Gasteiger partial charge is 0.491 e. The molecule has 6 aromatic rings. The first-order valence-corrected chi connectivity index (χ1v) is 19.0. The average Bonchev–Trinajstić information content (AvgIpc) is 3.30. The molecule has 0 amide bonds. The number of rotatable bonds is 22. The Morgan fingerprint density at radius 2 is 0.690 bits per heavy atom. The Hall–Kier alpha value is -6.42. The standard InChI is InChI=1S/C30H28O5.C20H20O3/c31-29(25-13-5-1-6-14-25)30(26-15-7-2-8-16-26,34-23-21-32-27-17-9-3-10-18-27)35-24-22-33-28-19-11-4-12-20-28;1-3-15-22-20(23-16-4-2,18-13-9-6-10-14-18)19(21)17-11-7-5-8-12-17/h1-20H,21-24H2;3-14H,1-2,15-16H2. The highest BCUT2D eigenvalue weighted by atomic mass is 16.7. The topological polar surface area (TPSA) is 89.5 Å². The van der Waals surface area contributed by atoms with E-state index in [2.05, 4.69) is 13.2 Å². The lowest BCUT2D eigenvalue weighted by Crippen LogP contribution is -2.43. The number of Topliss-reactive ketones (excluding diaryl/α,β-unsaturated/α-hetero) is 2. The summed E-state index contributed by atoms with van der Waals surface area (Å²) in [4.78, 5) is 27.0. The molecule has 8 heteroatoms. The summed E-state index contributed by atoms with van der Waals surface area (Å²) in [7, 11) is 0. The van der Waals surface area contributed by atoms with Gasteiger partial charge in [0.05, 0.1) is 26.4 Å². The molecule has 0 fully saturated rings. The minimum absolute atomic E-state index is 0.141. The Bertz CT molecular complexity index is 2030. The summed E-state index contributed by atoms with van der Waals surface area (Å²) < 4.78 is 35.8. The molecule has 8 nitrogen and oxygen atoms in total. The second-order valence-corrected chi connectivity index (χ2v) is 12.6. The Labute approximate surface area is 340 Å². The highest BCUT2D eigenvalue weighted by molar-refractivity contribution is 6.02. The van der Waals surface area contributed by atoms with Gasteiger partial charge in [0.15, 0.2) is 0 Å². The second kappa shape index (κ2) is 23.0. The second-order valence-electron chi connectivity index (χ2n) is 12.6. The lowest BCUT2D eigenvalue weighted by molar-refractivity contribution is -0.214. The van der Waals surface area contributed by atoms with Crippen LogP contribution in [0.15, 0.2) is 207 Å². The van der Waals surface area contributed by atoms with E-state index in [0.717, 1.165) is 11.5 Å². The molecular formula is C50H48O8. The third-order valence-corrected chi connectivity index (χ3v) is 8.59. The first kappa shape index (κ1) is 42.7. The molecule has 0 bridgehead atoms. The Kier molecular flexibility index (Phi) is 16.9. The maximum absolute atomic E-state index is 13.9. The van der Waals surface area contributed by atoms with E-state index in [4.69, 9.17) is 28.4 Å². The fourth-order valence-corrected chi connectivity index (χ4v) is 5.89. The summed E-state index contributed by atoms with van der Waals surface area (Å²) >= 11 is 0. The zero-order chi connectivity index (χ0) is 40.7. The van der Waals surface area contributed by atoms with Crippen molar-refractivity contribution in [2.24, 2.45) is 0 Å². The molecule has 6 rings (SSSR count). The molecule has 0 spiro atoms. The van der Waals surface area contributed by atoms with Crippen molar-refractivity contribution in [2.75, 3.05) is 39.6 Å². The number of para-hydroxylation sites is 2. The van der Waals surface area contributed by atoms with Crippen LogP contribution in [0.1, 0.15) is 31.8 Å². The van der Waals surface area contributed by atoms with Crippen LogP contribution in [0.3, 0.4) is 0 Å². The Morgan fingerprint density at radius 3 is 1.02 bits per heavy atom. The molecule has 0 aliphatic heterocycles. The highest BCUT2D eigenvalue weighted by Gasteiger charge is 2.44. The molecule has 0 saturated heterocycles. The maximum Gasteiger partial charge on any atom is 0.261 e. The zero-order valence-corrected chi connectivity index (χ0v) is 32.4. The molecule has 0 unspecified atom stereocenters. The third-order valence-electron chi connectivity index (χ3n) is 8.59. The van der Waals surface area contributed by atoms with Gasteiger partial charge >= 0.3 is 0 Å². The molecule has 58 heavy (non-hydrogen) atoms. The molecule has 0 saturated carbocycles. The van der Waals surface area contributed by atoms with Gasteiger partial charge in [-0.05, 0) is 24.3 Å². The van der Waals surface area contributed by atoms with Crippen molar-refractivity contribution in [2.45, 2.75) is 11.6 Å². The van der Waals surface area contributed by atoms with Gasteiger partial charge in [-0.2, -0.15) is 0 Å². The normalized spacial score (nSPS) is 11.0. The van der Waals surface area contributed by atoms with Crippen molar-refractivity contribution < 1.29 is 38.0 Å². The van der Waals surface area contributed by atoms with Crippen LogP contribution >= 0.6 is 0 Å². The van der Waals surface area contributed by atoms with Crippen LogP contribution < -0.4 is 9.47 Å². The molecule has 0 N–H and O–H groups in total. The maximum atomic E-state index is 13.9. The predicted octanol–water partition coefficient (Wildman–Crippen LogP) is 10.0. The average molecular weight is 777 g/mol. The zero-order valence-electron chi connectivity index (χ0n) is 32.4. The van der Waals surface area contributed by atoms with E-state index in [0.29, 0.717) is 22.3 Å². The molecular weight excluding hydrogens is 729 g/mol. The van der Waals surface area contributed by atoms with Crippen LogP contribution in [0.5, 0.6) is 11.5 Å². The minimum atomic E-state index is -1.65. The lowest BCUT2D eigenvalue weighted by Gasteiger charge is -2.33. The van der Waals surface area contributed by atoms with Crippen LogP contribution in [-0.4, -0.2) is 51.2 Å². The van der Waals surface area contributed by atoms with E-state index in [1.165, 1.54) is 0 Å². The Morgan fingerprint density at radius 1 is 0.397 bits per heavy atom. The van der Waals surface area contributed by atoms with Gasteiger partial charge in [-0.15, -0.1) is 13.2 Å². The molecule has 0 atom stereocenters. The third kappa shape index (κ3) is 11.8. The number of carbonyl (C=O) groups excluding carboxylic acids is 2. The lowest BCUT2D eigenvalue weighted by atomic mass is 9.95. The van der Waals surface area contributed by atoms with Gasteiger partial charge < -0.3 is 28.4 Å². The van der Waals surface area contributed by atoms with E-state index in [1.54, 1.807) is 36.4 Å². The van der Waals surface area contributed by atoms with Gasteiger partial charge in [0.1, 0.15) is 24.7 Å². The number of ether oxygens (including phenoxy) is 6. The van der Waals surface area contributed by atoms with Crippen LogP contribution in [-0.2, 0) is 30.5 Å². The highest BCUT2D eigenvalue weighted by Crippen LogP contribution is 2.33. The summed E-state index contributed by atoms with van der Waals surface area (Å²) in [6.07, 6.45) is 3.18. The minimum Gasteiger partial charge on any atom is -0.491 e. The van der Waals surface area contributed by atoms with Gasteiger partial charge in [-0.1, -0.05) is 170 Å². The molecule has 0 radical (unpaired) electrons. The molecule has 0 aliphatic rings. The first-order chi connectivity index (χ1) is 28.5. The van der Waals surface area contributed by atoms with E-state index < -0.39 is 11.6 Å². The Balaban J connectivity index is 0.000000242. The van der Waals surface area contributed by atoms with E-state index in [1.807, 2.05) is 158 Å². The van der Waals surface area contributed by atoms with Gasteiger partial charge in [0.2, 0.25) is 11.6 Å². The fourth-order valence-electron chi connectivity index (χ4n) is 5.89. The molecule has 0 aliphatic carbocycles. The van der Waals surface area contributed by atoms with Gasteiger partial charge in [0, 0.05) is 22.3 Å². The van der Waals surface area contributed by atoms with Crippen molar-refractivity contribution >= 4 is 11.6 Å². The summed E-state index contributed by atoms with van der Waals surface area (Å²) in [5.74, 6) is -2.26. The molecule has 0 aromatic heterocycles. The van der Waals surface area contributed by atoms with Gasteiger partial charge in [0.25, 0.3) is 11.6 Å². The number of hydrogen-bond acceptors (Lipinski definition) is 8. The predicted molar refractivity (Wildman–Crippen MR) is 226 cm³/mol. The summed E-state index contributed by atoms with van der Waals surface area (Å²) in [6.45, 7) is 8.48. The van der Waals surface area contributed by atoms with Crippen molar-refractivity contribution in [3.05, 3.63) is 230 Å². The quantitative estimate of drug-likeness (QED) is 0.0292. The van der Waals surface area contributed by atoms with Crippen LogP contribution in [0, 0.1) is 0 Å². The molecule has 296 valence electrons. The smallest absolute Gasteiger partial charge is 0.261 e. The van der Waals surface area contributed by atoms with E-state index in [9.17, 15) is 9.59 Å². The molecule has 6 aromatic carbocycles. The number of benzene rings is 6. The van der Waals surface area contributed by atoms with Gasteiger partial charge in [-0.3, -0.25) is 9.59 Å². The molecule has 0 heterocycles. The first-order valence-electron chi connectivity index (χ1n) is 19.0. The number of carbonyl (C=O) groups is 2. The van der Waals surface area contributed by atoms with E-state index >= 15 is 0 Å². The summed E-state index contributed by atoms with van der Waals surface area (Å²) in [6, 6.07) is 55.4. The summed E-state index contributed by atoms with van der Waals surface area (Å²) in [5, 5.41) is 0. The SMILES string of the molecule is C=CCOC(OCC=C)(C(=O)c1ccccc1)c1ccccc1.O=C(c1ccccc1)C(OCCOc1ccccc1)(OCCOc1ccccc1)c1ccccc1. The van der Waals surface area contributed by atoms with Crippen molar-refractivity contribution in [3.63, 3.8) is 0 Å². The van der Waals surface area contributed by atoms with Crippen molar-refractivity contribution in [1.29, 1.82) is 0 Å². The van der Waals surface area contributed by atoms with Crippen LogP contribution in [0.4, 0.5) is 0 Å². The monoisotopic (exact) mass is 776 g/mol. The number of ketones is 2. The van der Waals surface area contributed by atoms with E-state index in [-0.39, 0.29) is 51.2 Å².